The molecule has 0 radical (unpaired) electrons. The lowest BCUT2D eigenvalue weighted by Gasteiger charge is -2.45. The fourth-order valence-corrected chi connectivity index (χ4v) is 2.44. The topological polar surface area (TPSA) is 157 Å². The molecule has 122 valence electrons. The summed E-state index contributed by atoms with van der Waals surface area (Å²) in [5.41, 5.74) is 0. The number of carboxylic acids is 1. The molecule has 9 nitrogen and oxygen atoms in total. The molecule has 10 heteroatoms. The van der Waals surface area contributed by atoms with Gasteiger partial charge in [-0.05, 0) is 0 Å². The predicted octanol–water partition coefficient (Wildman–Crippen LogP) is -2.93. The molecule has 1 rings (SSSR count). The standard InChI is InChI=1S/C11H19NO8S/c1-4(14)12-7-5(15)2-11(21,10(18)19)20-9(7)8(17)6(16)3-13/h5-9,13,15-17,21H,2-3H2,1H3,(H,12,14)(H,18,19)/t5-,6+,7+,8+,9+,11+/m0/s1. The molecule has 1 saturated heterocycles. The van der Waals surface area contributed by atoms with Gasteiger partial charge < -0.3 is 35.6 Å². The van der Waals surface area contributed by atoms with Gasteiger partial charge in [-0.3, -0.25) is 4.79 Å². The van der Waals surface area contributed by atoms with Crippen molar-refractivity contribution in [3.05, 3.63) is 0 Å². The van der Waals surface area contributed by atoms with Crippen LogP contribution in [0.3, 0.4) is 0 Å². The van der Waals surface area contributed by atoms with E-state index in [0.29, 0.717) is 0 Å². The summed E-state index contributed by atoms with van der Waals surface area (Å²) in [5, 5.41) is 49.7. The lowest BCUT2D eigenvalue weighted by atomic mass is 9.90. The van der Waals surface area contributed by atoms with Crippen molar-refractivity contribution < 1.29 is 39.9 Å². The Morgan fingerprint density at radius 2 is 2.05 bits per heavy atom. The minimum atomic E-state index is -2.09. The van der Waals surface area contributed by atoms with Gasteiger partial charge in [0.1, 0.15) is 18.3 Å². The lowest BCUT2D eigenvalue weighted by molar-refractivity contribution is -0.204. The largest absolute Gasteiger partial charge is 0.478 e. The number of carboxylic acid groups (broad SMARTS) is 1. The van der Waals surface area contributed by atoms with Crippen LogP contribution in [0.4, 0.5) is 0 Å². The van der Waals surface area contributed by atoms with E-state index in [-0.39, 0.29) is 0 Å². The molecule has 6 atom stereocenters. The first-order chi connectivity index (χ1) is 9.62. The number of aliphatic carboxylic acids is 1. The van der Waals surface area contributed by atoms with Crippen LogP contribution in [0.5, 0.6) is 0 Å². The first-order valence-electron chi connectivity index (χ1n) is 6.18. The summed E-state index contributed by atoms with van der Waals surface area (Å²) in [6.07, 6.45) is -6.64. The van der Waals surface area contributed by atoms with Gasteiger partial charge in [0.2, 0.25) is 10.8 Å². The van der Waals surface area contributed by atoms with Crippen LogP contribution in [0.2, 0.25) is 0 Å². The van der Waals surface area contributed by atoms with Crippen molar-refractivity contribution >= 4 is 24.5 Å². The molecule has 0 aliphatic carbocycles. The number of ether oxygens (including phenoxy) is 1. The second kappa shape index (κ2) is 6.90. The average molecular weight is 325 g/mol. The number of carbonyl (C=O) groups excluding carboxylic acids is 1. The third kappa shape index (κ3) is 4.05. The van der Waals surface area contributed by atoms with E-state index in [1.807, 2.05) is 0 Å². The number of rotatable bonds is 5. The number of carbonyl (C=O) groups is 2. The van der Waals surface area contributed by atoms with Crippen molar-refractivity contribution in [1.82, 2.24) is 5.32 Å². The maximum absolute atomic E-state index is 11.2. The maximum Gasteiger partial charge on any atom is 0.346 e. The smallest absolute Gasteiger partial charge is 0.346 e. The number of hydrogen-bond acceptors (Lipinski definition) is 8. The van der Waals surface area contributed by atoms with Gasteiger partial charge in [-0.25, -0.2) is 4.79 Å². The van der Waals surface area contributed by atoms with Crippen molar-refractivity contribution in [2.45, 2.75) is 48.7 Å². The van der Waals surface area contributed by atoms with E-state index in [1.165, 1.54) is 6.92 Å². The Morgan fingerprint density at radius 3 is 2.48 bits per heavy atom. The molecule has 1 aliphatic heterocycles. The molecule has 6 N–H and O–H groups in total. The van der Waals surface area contributed by atoms with Gasteiger partial charge in [0.25, 0.3) is 0 Å². The van der Waals surface area contributed by atoms with E-state index in [9.17, 15) is 24.9 Å². The van der Waals surface area contributed by atoms with E-state index in [0.717, 1.165) is 0 Å². The first kappa shape index (κ1) is 18.1. The van der Waals surface area contributed by atoms with Crippen molar-refractivity contribution in [1.29, 1.82) is 0 Å². The van der Waals surface area contributed by atoms with Crippen LogP contribution in [-0.4, -0.2) is 79.4 Å². The highest BCUT2D eigenvalue weighted by molar-refractivity contribution is 7.82. The second-order valence-corrected chi connectivity index (χ2v) is 5.63. The molecule has 1 amide bonds. The molecule has 0 bridgehead atoms. The van der Waals surface area contributed by atoms with E-state index in [4.69, 9.17) is 14.9 Å². The highest BCUT2D eigenvalue weighted by atomic mass is 32.1. The Morgan fingerprint density at radius 1 is 1.48 bits per heavy atom. The van der Waals surface area contributed by atoms with Crippen LogP contribution in [-0.2, 0) is 14.3 Å². The summed E-state index contributed by atoms with van der Waals surface area (Å²) >= 11 is 3.84. The molecule has 1 heterocycles. The summed E-state index contributed by atoms with van der Waals surface area (Å²) in [5.74, 6) is -2.03. The van der Waals surface area contributed by atoms with Crippen LogP contribution in [0.25, 0.3) is 0 Å². The van der Waals surface area contributed by atoms with E-state index in [1.54, 1.807) is 0 Å². The maximum atomic E-state index is 11.2. The van der Waals surface area contributed by atoms with Crippen LogP contribution in [0.1, 0.15) is 13.3 Å². The first-order valence-corrected chi connectivity index (χ1v) is 6.63. The second-order valence-electron chi connectivity index (χ2n) is 4.91. The Labute approximate surface area is 125 Å². The number of aliphatic hydroxyl groups excluding tert-OH is 4. The quantitative estimate of drug-likeness (QED) is 0.265. The number of thiol groups is 1. The van der Waals surface area contributed by atoms with Gasteiger partial charge in [-0.1, -0.05) is 0 Å². The zero-order chi connectivity index (χ0) is 16.4. The number of nitrogens with one attached hydrogen (secondary N) is 1. The highest BCUT2D eigenvalue weighted by Gasteiger charge is 2.52. The normalized spacial score (nSPS) is 35.8. The van der Waals surface area contributed by atoms with Gasteiger partial charge >= 0.3 is 5.97 Å². The molecule has 1 fully saturated rings. The summed E-state index contributed by atoms with van der Waals surface area (Å²) in [6.45, 7) is 0.356. The van der Waals surface area contributed by atoms with Crippen molar-refractivity contribution in [3.8, 4) is 0 Å². The van der Waals surface area contributed by atoms with E-state index in [2.05, 4.69) is 17.9 Å². The van der Waals surface area contributed by atoms with Crippen LogP contribution in [0, 0.1) is 0 Å². The molecule has 0 spiro atoms. The monoisotopic (exact) mass is 325 g/mol. The summed E-state index contributed by atoms with van der Waals surface area (Å²) in [4.78, 5) is 20.2. The van der Waals surface area contributed by atoms with Crippen LogP contribution >= 0.6 is 12.6 Å². The van der Waals surface area contributed by atoms with E-state index >= 15 is 0 Å². The fraction of sp³-hybridized carbons (Fsp3) is 0.818. The fourth-order valence-electron chi connectivity index (χ4n) is 2.14. The molecular formula is C11H19NO8S. The Hall–Kier alpha value is -0.910. The molecule has 0 unspecified atom stereocenters. The molecule has 1 aliphatic rings. The third-order valence-electron chi connectivity index (χ3n) is 3.21. The van der Waals surface area contributed by atoms with Gasteiger partial charge in [-0.15, -0.1) is 12.6 Å². The third-order valence-corrected chi connectivity index (χ3v) is 3.69. The van der Waals surface area contributed by atoms with Crippen LogP contribution in [0.15, 0.2) is 0 Å². The van der Waals surface area contributed by atoms with Gasteiger partial charge in [0.05, 0.1) is 18.8 Å². The minimum absolute atomic E-state index is 0.436. The molecule has 0 aromatic heterocycles. The van der Waals surface area contributed by atoms with Crippen molar-refractivity contribution in [3.63, 3.8) is 0 Å². The number of hydrogen-bond donors (Lipinski definition) is 7. The zero-order valence-corrected chi connectivity index (χ0v) is 12.1. The molecule has 0 aromatic rings. The lowest BCUT2D eigenvalue weighted by Crippen LogP contribution is -2.65. The molecule has 21 heavy (non-hydrogen) atoms. The Kier molecular flexibility index (Phi) is 5.96. The highest BCUT2D eigenvalue weighted by Crippen LogP contribution is 2.34. The minimum Gasteiger partial charge on any atom is -0.478 e. The number of amides is 1. The summed E-state index contributed by atoms with van der Waals surface area (Å²) in [7, 11) is 0. The molecular weight excluding hydrogens is 306 g/mol. The number of aliphatic hydroxyl groups is 4. The van der Waals surface area contributed by atoms with Gasteiger partial charge in [0.15, 0.2) is 0 Å². The molecule has 0 saturated carbocycles. The van der Waals surface area contributed by atoms with Crippen molar-refractivity contribution in [2.75, 3.05) is 6.61 Å². The average Bonchev–Trinajstić information content (AvgIpc) is 2.39. The SMILES string of the molecule is CC(=O)N[C@H]1[C@H]([C@H](O)[C@H](O)CO)O[C@](S)(C(=O)O)C[C@@H]1O. The van der Waals surface area contributed by atoms with Crippen molar-refractivity contribution in [2.24, 2.45) is 0 Å². The Bertz CT molecular complexity index is 408. The summed E-state index contributed by atoms with van der Waals surface area (Å²) < 4.78 is 5.17. The zero-order valence-electron chi connectivity index (χ0n) is 11.2. The van der Waals surface area contributed by atoms with Gasteiger partial charge in [0, 0.05) is 13.3 Å². The van der Waals surface area contributed by atoms with Crippen LogP contribution < -0.4 is 5.32 Å². The summed E-state index contributed by atoms with van der Waals surface area (Å²) in [6, 6.07) is -1.15. The van der Waals surface area contributed by atoms with E-state index < -0.39 is 60.3 Å². The Balaban J connectivity index is 3.07. The predicted molar refractivity (Wildman–Crippen MR) is 71.6 cm³/mol. The molecule has 0 aromatic carbocycles. The van der Waals surface area contributed by atoms with Gasteiger partial charge in [-0.2, -0.15) is 0 Å².